The number of benzene rings is 2. The van der Waals surface area contributed by atoms with Crippen LogP contribution in [-0.4, -0.2) is 35.2 Å². The maximum Gasteiger partial charge on any atom is 0.540 e. The molecule has 2 aromatic carbocycles. The van der Waals surface area contributed by atoms with Gasteiger partial charge in [-0.25, -0.2) is 0 Å². The third-order valence-corrected chi connectivity index (χ3v) is 3.50. The van der Waals surface area contributed by atoms with Crippen molar-refractivity contribution >= 4 is 36.3 Å². The van der Waals surface area contributed by atoms with E-state index in [4.69, 9.17) is 21.2 Å². The Hall–Kier alpha value is -1.80. The summed E-state index contributed by atoms with van der Waals surface area (Å²) in [5.41, 5.74) is 10.8. The number of rotatable bonds is 6. The van der Waals surface area contributed by atoms with Crippen molar-refractivity contribution in [3.63, 3.8) is 0 Å². The minimum absolute atomic E-state index is 0. The van der Waals surface area contributed by atoms with Gasteiger partial charge in [-0.1, -0.05) is 50.2 Å². The molecule has 2 rings (SSSR count). The third-order valence-electron chi connectivity index (χ3n) is 3.50. The van der Waals surface area contributed by atoms with Gasteiger partial charge in [-0.15, -0.1) is 12.4 Å². The Morgan fingerprint density at radius 3 is 2.19 bits per heavy atom. The summed E-state index contributed by atoms with van der Waals surface area (Å²) < 4.78 is 5.62. The second-order valence-electron chi connectivity index (χ2n) is 6.41. The lowest BCUT2D eigenvalue weighted by Gasteiger charge is -2.18. The van der Waals surface area contributed by atoms with Crippen LogP contribution in [0, 0.1) is 5.92 Å². The Balaban J connectivity index is 0.000000777. The van der Waals surface area contributed by atoms with Crippen LogP contribution >= 0.6 is 12.4 Å². The summed E-state index contributed by atoms with van der Waals surface area (Å²) in [5, 5.41) is 20.0. The molecule has 0 aliphatic rings. The van der Waals surface area contributed by atoms with Gasteiger partial charge in [0, 0.05) is 5.39 Å². The summed E-state index contributed by atoms with van der Waals surface area (Å²) in [6, 6.07) is 13.0. The van der Waals surface area contributed by atoms with Crippen molar-refractivity contribution in [3.8, 4) is 5.75 Å². The van der Waals surface area contributed by atoms with Gasteiger partial charge >= 0.3 is 13.1 Å². The average molecular weight is 383 g/mol. The standard InChI is InChI=1S/C15H20BNO2.C3H7NO2.ClH/c1-11(2)10-15(17)16(18)19-14-9-5-7-12-6-3-4-8-13(12)14;1-2(4)3(5)6;/h3-9,11,15,18H,10,17H2,1-2H3;2H,4H2,1H3,(H,5,6);1H/t15-;2-;/m00./s1. The normalized spacial score (nSPS) is 12.4. The minimum Gasteiger partial charge on any atom is -0.535 e. The van der Waals surface area contributed by atoms with E-state index < -0.39 is 19.1 Å². The summed E-state index contributed by atoms with van der Waals surface area (Å²) in [4.78, 5) is 9.57. The van der Waals surface area contributed by atoms with Crippen LogP contribution in [-0.2, 0) is 4.79 Å². The van der Waals surface area contributed by atoms with Crippen LogP contribution in [0.5, 0.6) is 5.75 Å². The van der Waals surface area contributed by atoms with E-state index >= 15 is 0 Å². The van der Waals surface area contributed by atoms with Crippen molar-refractivity contribution in [1.82, 2.24) is 0 Å². The second-order valence-corrected chi connectivity index (χ2v) is 6.41. The zero-order chi connectivity index (χ0) is 19.0. The quantitative estimate of drug-likeness (QED) is 0.570. The second kappa shape index (κ2) is 11.7. The lowest BCUT2D eigenvalue weighted by atomic mass is 9.75. The van der Waals surface area contributed by atoms with Crippen LogP contribution in [0.15, 0.2) is 42.5 Å². The van der Waals surface area contributed by atoms with Gasteiger partial charge < -0.3 is 26.3 Å². The molecule has 8 heteroatoms. The highest BCUT2D eigenvalue weighted by Crippen LogP contribution is 2.25. The van der Waals surface area contributed by atoms with Gasteiger partial charge in [-0.3, -0.25) is 4.79 Å². The zero-order valence-corrected chi connectivity index (χ0v) is 16.1. The van der Waals surface area contributed by atoms with E-state index in [1.807, 2.05) is 42.5 Å². The number of aliphatic carboxylic acids is 1. The van der Waals surface area contributed by atoms with E-state index in [9.17, 15) is 9.82 Å². The number of nitrogens with two attached hydrogens (primary N) is 2. The summed E-state index contributed by atoms with van der Waals surface area (Å²) >= 11 is 0. The lowest BCUT2D eigenvalue weighted by molar-refractivity contribution is -0.138. The molecule has 2 atom stereocenters. The Morgan fingerprint density at radius 1 is 1.12 bits per heavy atom. The first-order valence-electron chi connectivity index (χ1n) is 8.28. The fraction of sp³-hybridized carbons (Fsp3) is 0.389. The monoisotopic (exact) mass is 382 g/mol. The van der Waals surface area contributed by atoms with Crippen molar-refractivity contribution in [1.29, 1.82) is 0 Å². The van der Waals surface area contributed by atoms with Crippen LogP contribution in [0.2, 0.25) is 0 Å². The van der Waals surface area contributed by atoms with E-state index in [0.717, 1.165) is 17.2 Å². The molecule has 0 aliphatic carbocycles. The van der Waals surface area contributed by atoms with Crippen molar-refractivity contribution in [2.75, 3.05) is 0 Å². The highest BCUT2D eigenvalue weighted by Gasteiger charge is 2.26. The summed E-state index contributed by atoms with van der Waals surface area (Å²) in [6.07, 6.45) is 0.728. The summed E-state index contributed by atoms with van der Waals surface area (Å²) in [5.74, 6) is -0.237. The molecule has 0 saturated carbocycles. The Labute approximate surface area is 161 Å². The van der Waals surface area contributed by atoms with E-state index in [0.29, 0.717) is 11.7 Å². The largest absolute Gasteiger partial charge is 0.540 e. The maximum atomic E-state index is 10.0. The van der Waals surface area contributed by atoms with Gasteiger partial charge in [0.1, 0.15) is 11.8 Å². The first-order chi connectivity index (χ1) is 11.7. The van der Waals surface area contributed by atoms with Crippen LogP contribution in [0.25, 0.3) is 10.8 Å². The van der Waals surface area contributed by atoms with Crippen LogP contribution in [0.1, 0.15) is 27.2 Å². The molecule has 6 nitrogen and oxygen atoms in total. The van der Waals surface area contributed by atoms with Crippen molar-refractivity contribution in [3.05, 3.63) is 42.5 Å². The third kappa shape index (κ3) is 8.06. The molecule has 0 aliphatic heterocycles. The fourth-order valence-corrected chi connectivity index (χ4v) is 2.18. The molecule has 0 aromatic heterocycles. The van der Waals surface area contributed by atoms with E-state index in [2.05, 4.69) is 13.8 Å². The van der Waals surface area contributed by atoms with Gasteiger partial charge in [0.25, 0.3) is 0 Å². The molecule has 144 valence electrons. The molecule has 0 spiro atoms. The number of halogens is 1. The van der Waals surface area contributed by atoms with Gasteiger partial charge in [0.05, 0.1) is 5.94 Å². The molecule has 26 heavy (non-hydrogen) atoms. The summed E-state index contributed by atoms with van der Waals surface area (Å²) in [7, 11) is -0.979. The number of carboxylic acid groups (broad SMARTS) is 1. The number of hydrogen-bond donors (Lipinski definition) is 4. The molecule has 0 radical (unpaired) electrons. The molecular weight excluding hydrogens is 354 g/mol. The molecule has 0 heterocycles. The average Bonchev–Trinajstić information content (AvgIpc) is 2.55. The van der Waals surface area contributed by atoms with Crippen LogP contribution in [0.4, 0.5) is 0 Å². The molecule has 6 N–H and O–H groups in total. The smallest absolute Gasteiger partial charge is 0.535 e. The Bertz CT molecular complexity index is 680. The first kappa shape index (κ1) is 24.2. The van der Waals surface area contributed by atoms with E-state index in [1.54, 1.807) is 0 Å². The van der Waals surface area contributed by atoms with Crippen molar-refractivity contribution in [2.24, 2.45) is 17.4 Å². The molecule has 0 amide bonds. The number of fused-ring (bicyclic) bond motifs is 1. The molecule has 0 unspecified atom stereocenters. The predicted molar refractivity (Wildman–Crippen MR) is 109 cm³/mol. The number of hydrogen-bond acceptors (Lipinski definition) is 5. The predicted octanol–water partition coefficient (Wildman–Crippen LogP) is 2.45. The van der Waals surface area contributed by atoms with E-state index in [-0.39, 0.29) is 18.3 Å². The molecule has 0 bridgehead atoms. The van der Waals surface area contributed by atoms with Gasteiger partial charge in [-0.05, 0) is 30.7 Å². The maximum absolute atomic E-state index is 10.0. The van der Waals surface area contributed by atoms with Crippen molar-refractivity contribution in [2.45, 2.75) is 39.2 Å². The highest BCUT2D eigenvalue weighted by atomic mass is 35.5. The Morgan fingerprint density at radius 2 is 1.65 bits per heavy atom. The number of carboxylic acids is 1. The van der Waals surface area contributed by atoms with Crippen LogP contribution in [0.3, 0.4) is 0 Å². The first-order valence-corrected chi connectivity index (χ1v) is 8.28. The van der Waals surface area contributed by atoms with Crippen molar-refractivity contribution < 1.29 is 19.6 Å². The molecule has 0 saturated heterocycles. The highest BCUT2D eigenvalue weighted by molar-refractivity contribution is 6.46. The Kier molecular flexibility index (Phi) is 10.9. The van der Waals surface area contributed by atoms with Gasteiger partial charge in [-0.2, -0.15) is 0 Å². The molecule has 0 fully saturated rings. The van der Waals surface area contributed by atoms with Gasteiger partial charge in [0.2, 0.25) is 0 Å². The van der Waals surface area contributed by atoms with E-state index in [1.165, 1.54) is 6.92 Å². The molecular formula is C18H28BClN2O4. The topological polar surface area (TPSA) is 119 Å². The SMILES string of the molecule is CC(C)C[C@H](N)B(O)Oc1cccc2ccccc12.C[C@H](N)C(=O)O.Cl. The number of carbonyl (C=O) groups is 1. The molecule has 2 aromatic rings. The fourth-order valence-electron chi connectivity index (χ4n) is 2.18. The minimum atomic E-state index is -0.979. The van der Waals surface area contributed by atoms with Crippen LogP contribution < -0.4 is 16.1 Å². The van der Waals surface area contributed by atoms with Gasteiger partial charge in [0.15, 0.2) is 0 Å². The summed E-state index contributed by atoms with van der Waals surface area (Å²) in [6.45, 7) is 5.57. The zero-order valence-electron chi connectivity index (χ0n) is 15.3. The lowest BCUT2D eigenvalue weighted by Crippen LogP contribution is -2.44.